The van der Waals surface area contributed by atoms with Crippen LogP contribution in [0.3, 0.4) is 0 Å². The number of aliphatic hydroxyl groups excluding tert-OH is 1. The van der Waals surface area contributed by atoms with Crippen molar-refractivity contribution >= 4 is 0 Å². The molecule has 4 aliphatic rings. The zero-order valence-electron chi connectivity index (χ0n) is 16.4. The highest BCUT2D eigenvalue weighted by atomic mass is 16.5. The molecule has 0 saturated carbocycles. The van der Waals surface area contributed by atoms with Gasteiger partial charge in [0.2, 0.25) is 0 Å². The van der Waals surface area contributed by atoms with E-state index in [2.05, 4.69) is 52.3 Å². The van der Waals surface area contributed by atoms with Crippen LogP contribution >= 0.6 is 0 Å². The van der Waals surface area contributed by atoms with Crippen LogP contribution in [0.5, 0.6) is 5.75 Å². The number of hydrogen-bond donors (Lipinski definition) is 1. The number of likely N-dealkylation sites (tertiary alicyclic amines) is 1. The van der Waals surface area contributed by atoms with Crippen molar-refractivity contribution in [2.75, 3.05) is 32.8 Å². The summed E-state index contributed by atoms with van der Waals surface area (Å²) in [7, 11) is 0. The van der Waals surface area contributed by atoms with E-state index in [1.54, 1.807) is 0 Å². The molecule has 1 N–H and O–H groups in total. The minimum atomic E-state index is 0.0515. The van der Waals surface area contributed by atoms with E-state index in [9.17, 15) is 0 Å². The predicted octanol–water partition coefficient (Wildman–Crippen LogP) is 3.12. The van der Waals surface area contributed by atoms with E-state index in [0.717, 1.165) is 24.8 Å². The summed E-state index contributed by atoms with van der Waals surface area (Å²) < 4.78 is 5.82. The summed E-state index contributed by atoms with van der Waals surface area (Å²) in [5, 5.41) is 9.15. The van der Waals surface area contributed by atoms with E-state index in [-0.39, 0.29) is 6.61 Å². The second-order valence-electron chi connectivity index (χ2n) is 8.48. The van der Waals surface area contributed by atoms with Crippen LogP contribution in [0.25, 0.3) is 0 Å². The summed E-state index contributed by atoms with van der Waals surface area (Å²) in [4.78, 5) is 5.48. The number of piperidine rings is 3. The maximum absolute atomic E-state index is 9.15. The average molecular weight is 379 g/mol. The molecular formula is C24H30N2O2. The molecule has 0 unspecified atom stereocenters. The molecule has 0 aromatic heterocycles. The highest BCUT2D eigenvalue weighted by molar-refractivity contribution is 5.34. The molecule has 6 rings (SSSR count). The first kappa shape index (κ1) is 18.2. The van der Waals surface area contributed by atoms with Crippen LogP contribution in [-0.4, -0.2) is 59.8 Å². The van der Waals surface area contributed by atoms with Crippen molar-refractivity contribution in [3.05, 3.63) is 65.7 Å². The van der Waals surface area contributed by atoms with Crippen molar-refractivity contribution in [3.63, 3.8) is 0 Å². The fourth-order valence-corrected chi connectivity index (χ4v) is 5.87. The molecular weight excluding hydrogens is 348 g/mol. The topological polar surface area (TPSA) is 35.9 Å². The number of para-hydroxylation sites is 1. The van der Waals surface area contributed by atoms with Gasteiger partial charge in [-0.1, -0.05) is 48.5 Å². The van der Waals surface area contributed by atoms with Gasteiger partial charge in [0.25, 0.3) is 0 Å². The van der Waals surface area contributed by atoms with Crippen LogP contribution in [-0.2, 0) is 6.54 Å². The van der Waals surface area contributed by atoms with Crippen LogP contribution in [0.1, 0.15) is 29.9 Å². The molecule has 0 spiro atoms. The molecule has 2 aromatic rings. The number of fused-ring (bicyclic) bond motifs is 2. The van der Waals surface area contributed by atoms with Crippen molar-refractivity contribution < 1.29 is 9.84 Å². The predicted molar refractivity (Wildman–Crippen MR) is 110 cm³/mol. The van der Waals surface area contributed by atoms with Gasteiger partial charge in [-0.15, -0.1) is 0 Å². The van der Waals surface area contributed by atoms with E-state index in [1.807, 2.05) is 12.1 Å². The van der Waals surface area contributed by atoms with Gasteiger partial charge >= 0.3 is 0 Å². The first-order chi connectivity index (χ1) is 13.8. The third-order valence-corrected chi connectivity index (χ3v) is 7.02. The van der Waals surface area contributed by atoms with Crippen molar-refractivity contribution in [3.8, 4) is 5.75 Å². The third kappa shape index (κ3) is 3.24. The number of aliphatic hydroxyl groups is 1. The molecule has 2 aromatic carbocycles. The van der Waals surface area contributed by atoms with Crippen LogP contribution in [0.15, 0.2) is 54.6 Å². The number of benzene rings is 2. The van der Waals surface area contributed by atoms with Crippen LogP contribution in [0.2, 0.25) is 0 Å². The van der Waals surface area contributed by atoms with E-state index in [0.29, 0.717) is 24.6 Å². The lowest BCUT2D eigenvalue weighted by molar-refractivity contribution is -0.00888. The number of ether oxygens (including phenoxy) is 1. The molecule has 4 heterocycles. The standard InChI is InChI=1S/C24H30N2O2/c27-14-15-28-22-9-5-4-8-20(22)16-26-17-21(18-6-2-1-3-7-18)24-23(26)19-10-12-25(24)13-11-19/h1-9,19,21,23-24,27H,10-17H2/t21-,23-,24-/m1/s1. The van der Waals surface area contributed by atoms with Gasteiger partial charge in [0.15, 0.2) is 0 Å². The normalized spacial score (nSPS) is 31.7. The van der Waals surface area contributed by atoms with Crippen LogP contribution < -0.4 is 4.74 Å². The summed E-state index contributed by atoms with van der Waals surface area (Å²) >= 11 is 0. The zero-order valence-corrected chi connectivity index (χ0v) is 16.4. The minimum absolute atomic E-state index is 0.0515. The Hall–Kier alpha value is -1.88. The van der Waals surface area contributed by atoms with E-state index in [4.69, 9.17) is 9.84 Å². The van der Waals surface area contributed by atoms with Gasteiger partial charge in [0.1, 0.15) is 12.4 Å². The summed E-state index contributed by atoms with van der Waals surface area (Å²) in [6, 6.07) is 20.7. The van der Waals surface area contributed by atoms with Gasteiger partial charge in [-0.3, -0.25) is 9.80 Å². The largest absolute Gasteiger partial charge is 0.491 e. The van der Waals surface area contributed by atoms with Gasteiger partial charge in [-0.2, -0.15) is 0 Å². The summed E-state index contributed by atoms with van der Waals surface area (Å²) in [6.07, 6.45) is 2.67. The summed E-state index contributed by atoms with van der Waals surface area (Å²) in [5.74, 6) is 2.31. The Morgan fingerprint density at radius 3 is 2.46 bits per heavy atom. The Kier molecular flexibility index (Phi) is 5.10. The zero-order chi connectivity index (χ0) is 18.9. The SMILES string of the molecule is OCCOc1ccccc1CN1C[C@H](c2ccccc2)[C@@H]2[C@H]1C1CCN2CC1. The monoisotopic (exact) mass is 378 g/mol. The van der Waals surface area contributed by atoms with E-state index >= 15 is 0 Å². The van der Waals surface area contributed by atoms with Gasteiger partial charge in [-0.05, 0) is 43.5 Å². The van der Waals surface area contributed by atoms with Crippen LogP contribution in [0.4, 0.5) is 0 Å². The lowest BCUT2D eigenvalue weighted by atomic mass is 9.75. The molecule has 0 aliphatic carbocycles. The minimum Gasteiger partial charge on any atom is -0.491 e. The molecule has 4 saturated heterocycles. The molecule has 28 heavy (non-hydrogen) atoms. The number of hydrogen-bond acceptors (Lipinski definition) is 4. The maximum Gasteiger partial charge on any atom is 0.123 e. The molecule has 4 fully saturated rings. The third-order valence-electron chi connectivity index (χ3n) is 7.02. The fourth-order valence-electron chi connectivity index (χ4n) is 5.87. The lowest BCUT2D eigenvalue weighted by Crippen LogP contribution is -2.59. The fraction of sp³-hybridized carbons (Fsp3) is 0.500. The molecule has 2 bridgehead atoms. The number of rotatable bonds is 6. The second kappa shape index (κ2) is 7.86. The average Bonchev–Trinajstić information content (AvgIpc) is 3.16. The van der Waals surface area contributed by atoms with Gasteiger partial charge in [0, 0.05) is 36.7 Å². The smallest absolute Gasteiger partial charge is 0.123 e. The molecule has 4 nitrogen and oxygen atoms in total. The maximum atomic E-state index is 9.15. The lowest BCUT2D eigenvalue weighted by Gasteiger charge is -2.51. The first-order valence-corrected chi connectivity index (χ1v) is 10.7. The molecule has 4 heteroatoms. The Morgan fingerprint density at radius 2 is 1.68 bits per heavy atom. The van der Waals surface area contributed by atoms with Gasteiger partial charge in [-0.25, -0.2) is 0 Å². The Morgan fingerprint density at radius 1 is 0.929 bits per heavy atom. The quantitative estimate of drug-likeness (QED) is 0.838. The van der Waals surface area contributed by atoms with Gasteiger partial charge in [0.05, 0.1) is 6.61 Å². The molecule has 0 radical (unpaired) electrons. The molecule has 4 aliphatic heterocycles. The Balaban J connectivity index is 1.44. The van der Waals surface area contributed by atoms with E-state index in [1.165, 1.54) is 37.1 Å². The Labute approximate surface area is 167 Å². The molecule has 0 amide bonds. The summed E-state index contributed by atoms with van der Waals surface area (Å²) in [6.45, 7) is 4.97. The molecule has 3 atom stereocenters. The molecule has 148 valence electrons. The highest BCUT2D eigenvalue weighted by Crippen LogP contribution is 2.47. The second-order valence-corrected chi connectivity index (χ2v) is 8.48. The summed E-state index contributed by atoms with van der Waals surface area (Å²) in [5.41, 5.74) is 2.72. The number of nitrogens with zero attached hydrogens (tertiary/aromatic N) is 2. The Bertz CT molecular complexity index is 788. The van der Waals surface area contributed by atoms with Crippen LogP contribution in [0, 0.1) is 5.92 Å². The van der Waals surface area contributed by atoms with Crippen molar-refractivity contribution in [1.82, 2.24) is 9.80 Å². The highest BCUT2D eigenvalue weighted by Gasteiger charge is 2.53. The first-order valence-electron chi connectivity index (χ1n) is 10.7. The van der Waals surface area contributed by atoms with Crippen molar-refractivity contribution in [1.29, 1.82) is 0 Å². The van der Waals surface area contributed by atoms with Crippen molar-refractivity contribution in [2.24, 2.45) is 5.92 Å². The van der Waals surface area contributed by atoms with Crippen molar-refractivity contribution in [2.45, 2.75) is 37.4 Å². The van der Waals surface area contributed by atoms with Gasteiger partial charge < -0.3 is 9.84 Å². The van der Waals surface area contributed by atoms with E-state index < -0.39 is 0 Å².